The Kier molecular flexibility index (Phi) is 9.20. The minimum Gasteiger partial charge on any atom is -1.00 e. The van der Waals surface area contributed by atoms with E-state index in [-0.39, 0.29) is 23.0 Å². The highest BCUT2D eigenvalue weighted by Crippen LogP contribution is 2.05. The molecule has 0 amide bonds. The predicted molar refractivity (Wildman–Crippen MR) is 53.0 cm³/mol. The summed E-state index contributed by atoms with van der Waals surface area (Å²) in [5, 5.41) is 0. The van der Waals surface area contributed by atoms with Crippen molar-refractivity contribution in [3.05, 3.63) is 12.7 Å². The highest BCUT2D eigenvalue weighted by molar-refractivity contribution is 5.81. The fourth-order valence-electron chi connectivity index (χ4n) is 1.20. The molecule has 0 unspecified atom stereocenters. The fraction of sp³-hybridized carbons (Fsp3) is 0.700. The molecule has 0 rings (SSSR count). The number of hydrogen-bond donors (Lipinski definition) is 0. The number of halogens is 1. The summed E-state index contributed by atoms with van der Waals surface area (Å²) >= 11 is 0. The number of esters is 1. The normalized spacial score (nSPS) is 10.2. The van der Waals surface area contributed by atoms with Crippen LogP contribution in [-0.4, -0.2) is 36.8 Å². The van der Waals surface area contributed by atoms with Gasteiger partial charge in [-0.15, -0.1) is 0 Å². The van der Waals surface area contributed by atoms with Gasteiger partial charge in [0.1, 0.15) is 0 Å². The van der Waals surface area contributed by atoms with E-state index in [2.05, 4.69) is 27.4 Å². The molecule has 0 spiro atoms. The summed E-state index contributed by atoms with van der Waals surface area (Å²) in [5.74, 6) is -0.335. The Morgan fingerprint density at radius 1 is 1.29 bits per heavy atom. The van der Waals surface area contributed by atoms with Crippen LogP contribution >= 0.6 is 0 Å². The van der Waals surface area contributed by atoms with Gasteiger partial charge >= 0.3 is 5.97 Å². The zero-order valence-corrected chi connectivity index (χ0v) is 10.8. The molecule has 0 aromatic rings. The topological polar surface area (TPSA) is 26.3 Å². The SMILES string of the molecule is C=CC(=O)OC[N+](CC)(CC)CC.[Br-]. The molecule has 0 saturated heterocycles. The molecule has 0 aliphatic heterocycles. The van der Waals surface area contributed by atoms with Crippen LogP contribution in [0.5, 0.6) is 0 Å². The largest absolute Gasteiger partial charge is 1.00 e. The average molecular weight is 266 g/mol. The van der Waals surface area contributed by atoms with Crippen molar-refractivity contribution in [2.75, 3.05) is 26.4 Å². The zero-order valence-electron chi connectivity index (χ0n) is 9.25. The van der Waals surface area contributed by atoms with Gasteiger partial charge < -0.3 is 21.7 Å². The lowest BCUT2D eigenvalue weighted by Gasteiger charge is -2.34. The molecule has 3 nitrogen and oxygen atoms in total. The molecular weight excluding hydrogens is 246 g/mol. The highest BCUT2D eigenvalue weighted by Gasteiger charge is 2.21. The Morgan fingerprint density at radius 3 is 2.00 bits per heavy atom. The van der Waals surface area contributed by atoms with Gasteiger partial charge in [-0.05, 0) is 20.8 Å². The zero-order chi connectivity index (χ0) is 10.3. The predicted octanol–water partition coefficient (Wildman–Crippen LogP) is -1.45. The van der Waals surface area contributed by atoms with Gasteiger partial charge in [-0.2, -0.15) is 0 Å². The van der Waals surface area contributed by atoms with E-state index in [0.29, 0.717) is 6.73 Å². The summed E-state index contributed by atoms with van der Waals surface area (Å²) in [6.45, 7) is 13.1. The first kappa shape index (κ1) is 16.1. The van der Waals surface area contributed by atoms with E-state index in [1.807, 2.05) is 0 Å². The maximum atomic E-state index is 10.9. The highest BCUT2D eigenvalue weighted by atomic mass is 79.9. The molecule has 0 aliphatic carbocycles. The van der Waals surface area contributed by atoms with Crippen molar-refractivity contribution >= 4 is 5.97 Å². The van der Waals surface area contributed by atoms with Crippen LogP contribution in [0.15, 0.2) is 12.7 Å². The van der Waals surface area contributed by atoms with Crippen LogP contribution in [0.25, 0.3) is 0 Å². The van der Waals surface area contributed by atoms with E-state index in [0.717, 1.165) is 24.1 Å². The van der Waals surface area contributed by atoms with Crippen molar-refractivity contribution in [3.8, 4) is 0 Å². The van der Waals surface area contributed by atoms with Gasteiger partial charge in [0.05, 0.1) is 19.6 Å². The van der Waals surface area contributed by atoms with Crippen LogP contribution in [0.4, 0.5) is 0 Å². The van der Waals surface area contributed by atoms with Crippen LogP contribution in [0.1, 0.15) is 20.8 Å². The molecule has 4 heteroatoms. The van der Waals surface area contributed by atoms with E-state index in [1.165, 1.54) is 6.08 Å². The molecule has 0 bridgehead atoms. The standard InChI is InChI=1S/C10H20NO2.BrH/c1-5-10(12)13-9-11(6-2,7-3)8-4;/h5H,1,6-9H2,2-4H3;1H/q+1;/p-1. The summed E-state index contributed by atoms with van der Waals surface area (Å²) in [6, 6.07) is 0. The maximum Gasteiger partial charge on any atom is 0.334 e. The van der Waals surface area contributed by atoms with Crippen LogP contribution in [0, 0.1) is 0 Å². The van der Waals surface area contributed by atoms with Crippen LogP contribution in [-0.2, 0) is 9.53 Å². The summed E-state index contributed by atoms with van der Waals surface area (Å²) < 4.78 is 5.86. The van der Waals surface area contributed by atoms with E-state index in [4.69, 9.17) is 4.74 Å². The second kappa shape index (κ2) is 8.00. The van der Waals surface area contributed by atoms with Crippen molar-refractivity contribution in [2.24, 2.45) is 0 Å². The number of nitrogens with zero attached hydrogens (tertiary/aromatic N) is 1. The van der Waals surface area contributed by atoms with Crippen molar-refractivity contribution < 1.29 is 31.0 Å². The first-order valence-corrected chi connectivity index (χ1v) is 4.78. The van der Waals surface area contributed by atoms with E-state index >= 15 is 0 Å². The Labute approximate surface area is 97.1 Å². The molecule has 14 heavy (non-hydrogen) atoms. The maximum absolute atomic E-state index is 10.9. The first-order chi connectivity index (χ1) is 6.14. The molecule has 0 aromatic carbocycles. The number of carbonyl (C=O) groups excluding carboxylic acids is 1. The van der Waals surface area contributed by atoms with Crippen molar-refractivity contribution in [3.63, 3.8) is 0 Å². The van der Waals surface area contributed by atoms with Gasteiger partial charge in [0.25, 0.3) is 0 Å². The third kappa shape index (κ3) is 4.77. The minimum absolute atomic E-state index is 0. The summed E-state index contributed by atoms with van der Waals surface area (Å²) in [6.07, 6.45) is 1.20. The van der Waals surface area contributed by atoms with Gasteiger partial charge in [-0.3, -0.25) is 4.48 Å². The third-order valence-corrected chi connectivity index (χ3v) is 2.66. The quantitative estimate of drug-likeness (QED) is 0.254. The first-order valence-electron chi connectivity index (χ1n) is 4.78. The average Bonchev–Trinajstić information content (AvgIpc) is 2.20. The molecule has 0 radical (unpaired) electrons. The second-order valence-corrected chi connectivity index (χ2v) is 3.09. The number of rotatable bonds is 6. The second-order valence-electron chi connectivity index (χ2n) is 3.09. The lowest BCUT2D eigenvalue weighted by Crippen LogP contribution is -3.00. The fourth-order valence-corrected chi connectivity index (χ4v) is 1.20. The monoisotopic (exact) mass is 265 g/mol. The summed E-state index contributed by atoms with van der Waals surface area (Å²) in [4.78, 5) is 10.9. The summed E-state index contributed by atoms with van der Waals surface area (Å²) in [7, 11) is 0. The minimum atomic E-state index is -0.335. The molecule has 0 fully saturated rings. The van der Waals surface area contributed by atoms with Crippen LogP contribution < -0.4 is 17.0 Å². The number of ether oxygens (including phenoxy) is 1. The van der Waals surface area contributed by atoms with Gasteiger partial charge in [-0.1, -0.05) is 6.58 Å². The molecule has 0 atom stereocenters. The van der Waals surface area contributed by atoms with Gasteiger partial charge in [0.2, 0.25) is 6.73 Å². The molecule has 0 aromatic heterocycles. The van der Waals surface area contributed by atoms with Crippen molar-refractivity contribution in [1.29, 1.82) is 0 Å². The lowest BCUT2D eigenvalue weighted by atomic mass is 10.4. The summed E-state index contributed by atoms with van der Waals surface area (Å²) in [5.41, 5.74) is 0. The Balaban J connectivity index is 0. The van der Waals surface area contributed by atoms with Gasteiger partial charge in [-0.25, -0.2) is 4.79 Å². The molecular formula is C10H20BrNO2. The number of carbonyl (C=O) groups is 1. The Morgan fingerprint density at radius 2 is 1.71 bits per heavy atom. The van der Waals surface area contributed by atoms with Crippen molar-refractivity contribution in [1.82, 2.24) is 0 Å². The smallest absolute Gasteiger partial charge is 0.334 e. The third-order valence-electron chi connectivity index (χ3n) is 2.66. The lowest BCUT2D eigenvalue weighted by molar-refractivity contribution is -0.938. The van der Waals surface area contributed by atoms with Crippen molar-refractivity contribution in [2.45, 2.75) is 20.8 Å². The van der Waals surface area contributed by atoms with E-state index in [9.17, 15) is 4.79 Å². The Bertz CT molecular complexity index is 171. The number of hydrogen-bond acceptors (Lipinski definition) is 2. The van der Waals surface area contributed by atoms with Gasteiger partial charge in [0.15, 0.2) is 0 Å². The Hall–Kier alpha value is -0.350. The van der Waals surface area contributed by atoms with E-state index < -0.39 is 0 Å². The van der Waals surface area contributed by atoms with Crippen LogP contribution in [0.2, 0.25) is 0 Å². The number of quaternary nitrogens is 1. The van der Waals surface area contributed by atoms with E-state index in [1.54, 1.807) is 0 Å². The van der Waals surface area contributed by atoms with Gasteiger partial charge in [0, 0.05) is 6.08 Å². The van der Waals surface area contributed by atoms with Crippen LogP contribution in [0.3, 0.4) is 0 Å². The molecule has 0 heterocycles. The molecule has 0 saturated carbocycles. The molecule has 0 aliphatic rings. The molecule has 0 N–H and O–H groups in total. The molecule has 84 valence electrons.